The Morgan fingerprint density at radius 1 is 1.19 bits per heavy atom. The Balaban J connectivity index is 1.51. The molecule has 0 saturated carbocycles. The molecule has 1 atom stereocenters. The van der Waals surface area contributed by atoms with Gasteiger partial charge in [-0.25, -0.2) is 9.97 Å². The van der Waals surface area contributed by atoms with Gasteiger partial charge in [-0.15, -0.1) is 0 Å². The molecule has 1 aromatic carbocycles. The number of aromatic nitrogens is 3. The molecule has 6 heteroatoms. The Morgan fingerprint density at radius 3 is 2.89 bits per heavy atom. The highest BCUT2D eigenvalue weighted by atomic mass is 16.5. The molecular formula is C21H21N5O. The van der Waals surface area contributed by atoms with Crippen molar-refractivity contribution in [2.24, 2.45) is 0 Å². The number of ether oxygens (including phenoxy) is 1. The van der Waals surface area contributed by atoms with Crippen LogP contribution in [-0.4, -0.2) is 27.2 Å². The number of fused-ring (bicyclic) bond motifs is 3. The number of allylic oxidation sites excluding steroid dienone is 2. The summed E-state index contributed by atoms with van der Waals surface area (Å²) in [5.74, 6) is 1.41. The van der Waals surface area contributed by atoms with Crippen LogP contribution in [0.5, 0.6) is 5.75 Å². The molecule has 0 fully saturated rings. The minimum absolute atomic E-state index is 0.0315. The second-order valence-corrected chi connectivity index (χ2v) is 6.84. The standard InChI is InChI=1S/C21H21N5O/c22-21-20-19(24-13-25-21)17-12-23-11-10-18(17)26(20)14-6-8-16(9-7-14)27-15-4-2-1-3-5-15/h1-8,13,16,23H,9-12H2,(H2,22,24,25). The fourth-order valence-electron chi connectivity index (χ4n) is 3.91. The van der Waals surface area contributed by atoms with Gasteiger partial charge in [0.2, 0.25) is 0 Å². The number of rotatable bonds is 3. The van der Waals surface area contributed by atoms with Crippen molar-refractivity contribution in [2.75, 3.05) is 12.3 Å². The second-order valence-electron chi connectivity index (χ2n) is 6.84. The first-order valence-corrected chi connectivity index (χ1v) is 9.25. The first kappa shape index (κ1) is 16.1. The van der Waals surface area contributed by atoms with Crippen LogP contribution in [-0.2, 0) is 13.0 Å². The van der Waals surface area contributed by atoms with Crippen LogP contribution in [0.1, 0.15) is 17.7 Å². The average Bonchev–Trinajstić information content (AvgIpc) is 3.05. The number of benzene rings is 1. The van der Waals surface area contributed by atoms with Crippen LogP contribution >= 0.6 is 0 Å². The summed E-state index contributed by atoms with van der Waals surface area (Å²) in [6.07, 6.45) is 9.77. The lowest BCUT2D eigenvalue weighted by Crippen LogP contribution is -2.25. The van der Waals surface area contributed by atoms with Crippen LogP contribution in [0.25, 0.3) is 16.7 Å². The molecule has 1 unspecified atom stereocenters. The average molecular weight is 359 g/mol. The zero-order valence-corrected chi connectivity index (χ0v) is 14.9. The monoisotopic (exact) mass is 359 g/mol. The number of nitrogens with two attached hydrogens (primary N) is 1. The van der Waals surface area contributed by atoms with E-state index in [-0.39, 0.29) is 6.10 Å². The Bertz CT molecular complexity index is 1050. The van der Waals surface area contributed by atoms with Crippen molar-refractivity contribution in [2.45, 2.75) is 25.5 Å². The predicted molar refractivity (Wildman–Crippen MR) is 106 cm³/mol. The van der Waals surface area contributed by atoms with Gasteiger partial charge in [-0.05, 0) is 24.3 Å². The normalized spacial score (nSPS) is 19.0. The smallest absolute Gasteiger partial charge is 0.151 e. The number of hydrogen-bond donors (Lipinski definition) is 2. The van der Waals surface area contributed by atoms with E-state index in [2.05, 4.69) is 38.1 Å². The molecule has 0 bridgehead atoms. The number of nitrogens with zero attached hydrogens (tertiary/aromatic N) is 3. The number of nitrogens with one attached hydrogen (secondary N) is 1. The molecule has 1 aliphatic heterocycles. The predicted octanol–water partition coefficient (Wildman–Crippen LogP) is 2.91. The Labute approximate surface area is 157 Å². The zero-order chi connectivity index (χ0) is 18.2. The molecule has 3 heterocycles. The summed E-state index contributed by atoms with van der Waals surface area (Å²) in [7, 11) is 0. The van der Waals surface area contributed by atoms with E-state index >= 15 is 0 Å². The van der Waals surface area contributed by atoms with Crippen LogP contribution in [0.4, 0.5) is 5.82 Å². The summed E-state index contributed by atoms with van der Waals surface area (Å²) in [6, 6.07) is 9.92. The van der Waals surface area contributed by atoms with Crippen LogP contribution in [0.2, 0.25) is 0 Å². The van der Waals surface area contributed by atoms with Gasteiger partial charge in [-0.2, -0.15) is 0 Å². The second kappa shape index (κ2) is 6.55. The first-order chi connectivity index (χ1) is 13.3. The van der Waals surface area contributed by atoms with Crippen molar-refractivity contribution in [1.29, 1.82) is 0 Å². The molecule has 27 heavy (non-hydrogen) atoms. The molecule has 5 rings (SSSR count). The van der Waals surface area contributed by atoms with Crippen LogP contribution in [0, 0.1) is 0 Å². The molecule has 0 amide bonds. The lowest BCUT2D eigenvalue weighted by atomic mass is 10.1. The van der Waals surface area contributed by atoms with E-state index in [1.54, 1.807) is 6.33 Å². The maximum atomic E-state index is 6.24. The van der Waals surface area contributed by atoms with Crippen molar-refractivity contribution < 1.29 is 4.74 Å². The van der Waals surface area contributed by atoms with E-state index in [4.69, 9.17) is 10.5 Å². The highest BCUT2D eigenvalue weighted by molar-refractivity contribution is 5.93. The zero-order valence-electron chi connectivity index (χ0n) is 14.9. The van der Waals surface area contributed by atoms with E-state index in [0.717, 1.165) is 48.4 Å². The Hall–Kier alpha value is -3.12. The molecule has 3 aromatic rings. The van der Waals surface area contributed by atoms with Gasteiger partial charge in [0.25, 0.3) is 0 Å². The third-order valence-electron chi connectivity index (χ3n) is 5.15. The summed E-state index contributed by atoms with van der Waals surface area (Å²) in [4.78, 5) is 8.74. The lowest BCUT2D eigenvalue weighted by molar-refractivity contribution is 0.252. The quantitative estimate of drug-likeness (QED) is 0.752. The summed E-state index contributed by atoms with van der Waals surface area (Å²) in [5.41, 5.74) is 11.7. The van der Waals surface area contributed by atoms with Crippen molar-refractivity contribution in [1.82, 2.24) is 19.9 Å². The minimum atomic E-state index is 0.0315. The molecule has 2 aliphatic rings. The highest BCUT2D eigenvalue weighted by Crippen LogP contribution is 2.34. The number of hydrogen-bond acceptors (Lipinski definition) is 5. The molecule has 2 aromatic heterocycles. The minimum Gasteiger partial charge on any atom is -0.486 e. The fourth-order valence-corrected chi connectivity index (χ4v) is 3.91. The Kier molecular flexibility index (Phi) is 3.90. The first-order valence-electron chi connectivity index (χ1n) is 9.25. The largest absolute Gasteiger partial charge is 0.486 e. The van der Waals surface area contributed by atoms with Crippen molar-refractivity contribution in [3.05, 3.63) is 66.1 Å². The molecular weight excluding hydrogens is 338 g/mol. The van der Waals surface area contributed by atoms with Crippen molar-refractivity contribution >= 4 is 22.5 Å². The van der Waals surface area contributed by atoms with Gasteiger partial charge in [-0.1, -0.05) is 24.3 Å². The summed E-state index contributed by atoms with van der Waals surface area (Å²) in [5, 5.41) is 3.43. The summed E-state index contributed by atoms with van der Waals surface area (Å²) < 4.78 is 8.28. The molecule has 136 valence electrons. The SMILES string of the molecule is Nc1ncnc2c3c(n(C4=CCC(Oc5ccccc5)C=C4)c12)CCNC3. The van der Waals surface area contributed by atoms with E-state index in [9.17, 15) is 0 Å². The summed E-state index contributed by atoms with van der Waals surface area (Å²) >= 11 is 0. The van der Waals surface area contributed by atoms with Gasteiger partial charge in [-0.3, -0.25) is 0 Å². The van der Waals surface area contributed by atoms with E-state index in [0.29, 0.717) is 5.82 Å². The van der Waals surface area contributed by atoms with E-state index in [1.807, 2.05) is 30.3 Å². The molecule has 0 spiro atoms. The third kappa shape index (κ3) is 2.78. The number of nitrogen functional groups attached to an aromatic ring is 1. The maximum Gasteiger partial charge on any atom is 0.151 e. The number of para-hydroxylation sites is 1. The van der Waals surface area contributed by atoms with E-state index < -0.39 is 0 Å². The van der Waals surface area contributed by atoms with Gasteiger partial charge in [0, 0.05) is 42.9 Å². The van der Waals surface area contributed by atoms with Crippen molar-refractivity contribution in [3.8, 4) is 5.75 Å². The van der Waals surface area contributed by atoms with Crippen LogP contribution < -0.4 is 15.8 Å². The fraction of sp³-hybridized carbons (Fsp3) is 0.238. The lowest BCUT2D eigenvalue weighted by Gasteiger charge is -2.22. The van der Waals surface area contributed by atoms with Gasteiger partial charge in [0.05, 0.1) is 5.52 Å². The highest BCUT2D eigenvalue weighted by Gasteiger charge is 2.25. The van der Waals surface area contributed by atoms with Gasteiger partial charge < -0.3 is 20.4 Å². The van der Waals surface area contributed by atoms with Crippen LogP contribution in [0.3, 0.4) is 0 Å². The molecule has 1 aliphatic carbocycles. The van der Waals surface area contributed by atoms with E-state index in [1.165, 1.54) is 11.3 Å². The molecule has 0 radical (unpaired) electrons. The Morgan fingerprint density at radius 2 is 2.07 bits per heavy atom. The summed E-state index contributed by atoms with van der Waals surface area (Å²) in [6.45, 7) is 1.76. The van der Waals surface area contributed by atoms with Gasteiger partial charge in [0.15, 0.2) is 5.82 Å². The molecule has 0 saturated heterocycles. The van der Waals surface area contributed by atoms with Gasteiger partial charge in [0.1, 0.15) is 23.7 Å². The molecule has 3 N–H and O–H groups in total. The molecule has 6 nitrogen and oxygen atoms in total. The van der Waals surface area contributed by atoms with Crippen molar-refractivity contribution in [3.63, 3.8) is 0 Å². The maximum absolute atomic E-state index is 6.24. The third-order valence-corrected chi connectivity index (χ3v) is 5.15. The van der Waals surface area contributed by atoms with Crippen LogP contribution in [0.15, 0.2) is 54.9 Å². The topological polar surface area (TPSA) is 78.0 Å². The van der Waals surface area contributed by atoms with Gasteiger partial charge >= 0.3 is 0 Å². The number of anilines is 1.